The van der Waals surface area contributed by atoms with Gasteiger partial charge in [-0.3, -0.25) is 14.2 Å². The summed E-state index contributed by atoms with van der Waals surface area (Å²) in [4.78, 5) is 51.4. The predicted molar refractivity (Wildman–Crippen MR) is 108 cm³/mol. The molecule has 1 aromatic carbocycles. The molecule has 3 atom stereocenters. The highest BCUT2D eigenvalue weighted by Crippen LogP contribution is 2.30. The molecular weight excluding hydrogens is 406 g/mol. The highest BCUT2D eigenvalue weighted by atomic mass is 16.6. The van der Waals surface area contributed by atoms with Crippen LogP contribution in [-0.2, 0) is 19.1 Å². The molecule has 1 aromatic heterocycles. The monoisotopic (exact) mass is 429 g/mol. The number of aliphatic hydroxyl groups is 1. The molecule has 1 fully saturated rings. The Kier molecular flexibility index (Phi) is 7.27. The van der Waals surface area contributed by atoms with Crippen LogP contribution in [-0.4, -0.2) is 51.1 Å². The maximum atomic E-state index is 12.5. The molecule has 1 amide bonds. The number of aliphatic hydroxyl groups excluding tert-OH is 1. The number of carbonyl (C=O) groups excluding carboxylic acids is 3. The zero-order valence-electron chi connectivity index (χ0n) is 16.9. The number of nitrogens with one attached hydrogen (secondary N) is 1. The maximum absolute atomic E-state index is 12.5. The third-order valence-electron chi connectivity index (χ3n) is 4.74. The summed E-state index contributed by atoms with van der Waals surface area (Å²) in [5.41, 5.74) is -0.246. The fraction of sp³-hybridized carbons (Fsp3) is 0.381. The summed E-state index contributed by atoms with van der Waals surface area (Å²) in [6.45, 7) is 0.971. The summed E-state index contributed by atoms with van der Waals surface area (Å²) in [6.07, 6.45) is -0.829. The van der Waals surface area contributed by atoms with Crippen molar-refractivity contribution >= 4 is 23.5 Å². The minimum atomic E-state index is -0.810. The van der Waals surface area contributed by atoms with Crippen LogP contribution < -0.4 is 11.0 Å². The number of ketones is 1. The van der Waals surface area contributed by atoms with Gasteiger partial charge < -0.3 is 24.7 Å². The summed E-state index contributed by atoms with van der Waals surface area (Å²) in [5, 5.41) is 12.1. The molecule has 0 aliphatic carbocycles. The van der Waals surface area contributed by atoms with Crippen molar-refractivity contribution in [1.82, 2.24) is 9.55 Å². The Morgan fingerprint density at radius 2 is 1.97 bits per heavy atom. The van der Waals surface area contributed by atoms with Crippen LogP contribution in [0.2, 0.25) is 0 Å². The van der Waals surface area contributed by atoms with Gasteiger partial charge >= 0.3 is 11.7 Å². The summed E-state index contributed by atoms with van der Waals surface area (Å²) in [6, 6.07) is 9.94. The Morgan fingerprint density at radius 3 is 2.61 bits per heavy atom. The normalized spacial score (nSPS) is 20.3. The number of anilines is 1. The van der Waals surface area contributed by atoms with E-state index in [1.54, 1.807) is 30.3 Å². The fourth-order valence-electron chi connectivity index (χ4n) is 3.14. The van der Waals surface area contributed by atoms with Gasteiger partial charge in [0.1, 0.15) is 30.0 Å². The van der Waals surface area contributed by atoms with E-state index in [0.717, 1.165) is 0 Å². The number of amides is 1. The van der Waals surface area contributed by atoms with Crippen molar-refractivity contribution in [3.05, 3.63) is 58.6 Å². The van der Waals surface area contributed by atoms with Gasteiger partial charge in [-0.05, 0) is 25.1 Å². The average molecular weight is 429 g/mol. The van der Waals surface area contributed by atoms with Crippen LogP contribution in [0.5, 0.6) is 0 Å². The second kappa shape index (κ2) is 10.1. The molecule has 1 aliphatic rings. The molecule has 1 saturated heterocycles. The molecule has 31 heavy (non-hydrogen) atoms. The second-order valence-corrected chi connectivity index (χ2v) is 7.10. The Bertz CT molecular complexity index is 1010. The SMILES string of the molecule is CC(=O)CCC(=O)O[C@@H]1C[C@H](n2ccc(NC(=O)c3ccccc3)nc2=O)O[C@@H]1CO. The molecule has 2 aromatic rings. The minimum Gasteiger partial charge on any atom is -0.459 e. The van der Waals surface area contributed by atoms with Crippen LogP contribution in [0.15, 0.2) is 47.4 Å². The molecule has 10 nitrogen and oxygen atoms in total. The standard InChI is InChI=1S/C21H23N3O7/c1-13(26)7-8-19(27)31-15-11-18(30-16(15)12-25)24-10-9-17(23-21(24)29)22-20(28)14-5-3-2-4-6-14/h2-6,9-10,15-16,18,25H,7-8,11-12H2,1H3,(H,22,23,28,29)/t15-,16-,18-/m1/s1. The van der Waals surface area contributed by atoms with E-state index in [1.165, 1.54) is 23.8 Å². The molecule has 164 valence electrons. The number of hydrogen-bond acceptors (Lipinski definition) is 8. The van der Waals surface area contributed by atoms with Crippen LogP contribution >= 0.6 is 0 Å². The zero-order chi connectivity index (χ0) is 22.4. The van der Waals surface area contributed by atoms with Gasteiger partial charge in [0.05, 0.1) is 13.0 Å². The van der Waals surface area contributed by atoms with Gasteiger partial charge in [-0.2, -0.15) is 4.98 Å². The molecule has 2 heterocycles. The van der Waals surface area contributed by atoms with E-state index in [-0.39, 0.29) is 30.9 Å². The summed E-state index contributed by atoms with van der Waals surface area (Å²) in [5.74, 6) is -1.03. The van der Waals surface area contributed by atoms with Crippen LogP contribution in [0.25, 0.3) is 0 Å². The van der Waals surface area contributed by atoms with Gasteiger partial charge in [-0.25, -0.2) is 4.79 Å². The fourth-order valence-corrected chi connectivity index (χ4v) is 3.14. The third-order valence-corrected chi connectivity index (χ3v) is 4.74. The number of rotatable bonds is 8. The first-order valence-corrected chi connectivity index (χ1v) is 9.78. The van der Waals surface area contributed by atoms with Gasteiger partial charge in [-0.15, -0.1) is 0 Å². The van der Waals surface area contributed by atoms with Crippen LogP contribution in [0.3, 0.4) is 0 Å². The van der Waals surface area contributed by atoms with Crippen molar-refractivity contribution in [3.8, 4) is 0 Å². The number of hydrogen-bond donors (Lipinski definition) is 2. The molecule has 0 unspecified atom stereocenters. The smallest absolute Gasteiger partial charge is 0.351 e. The van der Waals surface area contributed by atoms with Gasteiger partial charge in [0.2, 0.25) is 0 Å². The lowest BCUT2D eigenvalue weighted by Gasteiger charge is -2.16. The van der Waals surface area contributed by atoms with Crippen molar-refractivity contribution in [2.45, 2.75) is 44.6 Å². The maximum Gasteiger partial charge on any atom is 0.351 e. The Morgan fingerprint density at radius 1 is 1.23 bits per heavy atom. The zero-order valence-corrected chi connectivity index (χ0v) is 16.9. The topological polar surface area (TPSA) is 137 Å². The van der Waals surface area contributed by atoms with Crippen LogP contribution in [0.1, 0.15) is 42.8 Å². The quantitative estimate of drug-likeness (QED) is 0.594. The number of carbonyl (C=O) groups is 3. The molecule has 0 radical (unpaired) electrons. The van der Waals surface area contributed by atoms with E-state index in [0.29, 0.717) is 5.56 Å². The van der Waals surface area contributed by atoms with E-state index in [2.05, 4.69) is 10.3 Å². The summed E-state index contributed by atoms with van der Waals surface area (Å²) >= 11 is 0. The largest absolute Gasteiger partial charge is 0.459 e. The van der Waals surface area contributed by atoms with Crippen molar-refractivity contribution < 1.29 is 29.0 Å². The molecule has 10 heteroatoms. The molecular formula is C21H23N3O7. The molecule has 0 spiro atoms. The van der Waals surface area contributed by atoms with Gasteiger partial charge in [0.25, 0.3) is 5.91 Å². The third kappa shape index (κ3) is 5.83. The minimum absolute atomic E-state index is 0.0635. The molecule has 2 N–H and O–H groups in total. The lowest BCUT2D eigenvalue weighted by atomic mass is 10.2. The van der Waals surface area contributed by atoms with Crippen molar-refractivity contribution in [2.75, 3.05) is 11.9 Å². The summed E-state index contributed by atoms with van der Waals surface area (Å²) in [7, 11) is 0. The van der Waals surface area contributed by atoms with Gasteiger partial charge in [0.15, 0.2) is 0 Å². The highest BCUT2D eigenvalue weighted by molar-refractivity contribution is 6.03. The molecule has 0 bridgehead atoms. The number of benzene rings is 1. The first-order chi connectivity index (χ1) is 14.9. The van der Waals surface area contributed by atoms with Crippen LogP contribution in [0, 0.1) is 0 Å². The Balaban J connectivity index is 1.65. The van der Waals surface area contributed by atoms with Crippen molar-refractivity contribution in [2.24, 2.45) is 0 Å². The van der Waals surface area contributed by atoms with Crippen LogP contribution in [0.4, 0.5) is 5.82 Å². The molecule has 1 aliphatic heterocycles. The van der Waals surface area contributed by atoms with E-state index in [1.807, 2.05) is 0 Å². The van der Waals surface area contributed by atoms with E-state index < -0.39 is 42.6 Å². The predicted octanol–water partition coefficient (Wildman–Crippen LogP) is 1.06. The van der Waals surface area contributed by atoms with Crippen molar-refractivity contribution in [3.63, 3.8) is 0 Å². The first-order valence-electron chi connectivity index (χ1n) is 9.78. The van der Waals surface area contributed by atoms with E-state index in [9.17, 15) is 24.3 Å². The second-order valence-electron chi connectivity index (χ2n) is 7.10. The van der Waals surface area contributed by atoms with Gasteiger partial charge in [-0.1, -0.05) is 18.2 Å². The molecule has 3 rings (SSSR count). The van der Waals surface area contributed by atoms with E-state index in [4.69, 9.17) is 9.47 Å². The lowest BCUT2D eigenvalue weighted by Crippen LogP contribution is -2.30. The lowest BCUT2D eigenvalue weighted by molar-refractivity contribution is -0.153. The Labute approximate surface area is 177 Å². The number of aromatic nitrogens is 2. The van der Waals surface area contributed by atoms with Gasteiger partial charge in [0, 0.05) is 24.6 Å². The highest BCUT2D eigenvalue weighted by Gasteiger charge is 2.39. The van der Waals surface area contributed by atoms with E-state index >= 15 is 0 Å². The Hall–Kier alpha value is -3.37. The summed E-state index contributed by atoms with van der Waals surface area (Å²) < 4.78 is 12.2. The number of ether oxygens (including phenoxy) is 2. The van der Waals surface area contributed by atoms with Crippen molar-refractivity contribution in [1.29, 1.82) is 0 Å². The number of nitrogens with zero attached hydrogens (tertiary/aromatic N) is 2. The first kappa shape index (κ1) is 22.3. The molecule has 0 saturated carbocycles. The average Bonchev–Trinajstić information content (AvgIpc) is 3.15. The number of Topliss-reactive ketones (excluding diaryl/α,β-unsaturated/α-hetero) is 1. The number of esters is 1.